The zero-order valence-electron chi connectivity index (χ0n) is 14.0. The highest BCUT2D eigenvalue weighted by molar-refractivity contribution is 6.34. The highest BCUT2D eigenvalue weighted by atomic mass is 35.5. The van der Waals surface area contributed by atoms with Crippen molar-refractivity contribution < 1.29 is 9.59 Å². The quantitative estimate of drug-likeness (QED) is 0.827. The summed E-state index contributed by atoms with van der Waals surface area (Å²) in [5.41, 5.74) is 2.05. The number of nitrogens with one attached hydrogen (secondary N) is 1. The Bertz CT molecular complexity index is 896. The van der Waals surface area contributed by atoms with Gasteiger partial charge < -0.3 is 5.32 Å². The minimum Gasteiger partial charge on any atom is -0.322 e. The van der Waals surface area contributed by atoms with Crippen molar-refractivity contribution in [3.05, 3.63) is 51.6 Å². The van der Waals surface area contributed by atoms with Crippen LogP contribution in [0, 0.1) is 0 Å². The van der Waals surface area contributed by atoms with Crippen LogP contribution < -0.4 is 10.2 Å². The van der Waals surface area contributed by atoms with Crippen molar-refractivity contribution in [2.75, 3.05) is 16.8 Å². The molecule has 1 aliphatic carbocycles. The molecule has 4 rings (SSSR count). The first-order valence-electron chi connectivity index (χ1n) is 8.59. The molecule has 2 fully saturated rings. The fraction of sp³-hybridized carbons (Fsp3) is 0.316. The fourth-order valence-corrected chi connectivity index (χ4v) is 3.61. The van der Waals surface area contributed by atoms with Crippen molar-refractivity contribution in [1.82, 2.24) is 4.98 Å². The van der Waals surface area contributed by atoms with E-state index in [0.717, 1.165) is 24.8 Å². The number of carbonyl (C=O) groups is 2. The fourth-order valence-electron chi connectivity index (χ4n) is 3.17. The average molecular weight is 390 g/mol. The Labute approximate surface area is 161 Å². The normalized spacial score (nSPS) is 16.8. The van der Waals surface area contributed by atoms with Crippen molar-refractivity contribution in [3.63, 3.8) is 0 Å². The van der Waals surface area contributed by atoms with E-state index in [4.69, 9.17) is 23.2 Å². The van der Waals surface area contributed by atoms with E-state index in [1.54, 1.807) is 17.0 Å². The summed E-state index contributed by atoms with van der Waals surface area (Å²) in [6.07, 6.45) is 4.99. The molecule has 0 spiro atoms. The van der Waals surface area contributed by atoms with Gasteiger partial charge in [-0.15, -0.1) is 0 Å². The highest BCUT2D eigenvalue weighted by Crippen LogP contribution is 2.42. The van der Waals surface area contributed by atoms with E-state index in [2.05, 4.69) is 10.3 Å². The molecule has 1 saturated heterocycles. The van der Waals surface area contributed by atoms with Gasteiger partial charge in [0.15, 0.2) is 0 Å². The molecule has 1 aromatic heterocycles. The third-order valence-electron chi connectivity index (χ3n) is 4.66. The van der Waals surface area contributed by atoms with Gasteiger partial charge >= 0.3 is 0 Å². The maximum absolute atomic E-state index is 12.7. The monoisotopic (exact) mass is 389 g/mol. The average Bonchev–Trinajstić information content (AvgIpc) is 3.37. The molecule has 2 amide bonds. The molecule has 7 heteroatoms. The van der Waals surface area contributed by atoms with Gasteiger partial charge in [0.2, 0.25) is 5.91 Å². The Hall–Kier alpha value is -2.11. The van der Waals surface area contributed by atoms with Crippen LogP contribution in [0.3, 0.4) is 0 Å². The van der Waals surface area contributed by atoms with Crippen LogP contribution in [0.2, 0.25) is 10.0 Å². The molecule has 1 saturated carbocycles. The van der Waals surface area contributed by atoms with Gasteiger partial charge in [0.25, 0.3) is 5.91 Å². The number of nitrogens with zero attached hydrogens (tertiary/aromatic N) is 2. The lowest BCUT2D eigenvalue weighted by Crippen LogP contribution is -2.25. The minimum atomic E-state index is -0.352. The Balaban J connectivity index is 1.59. The third-order valence-corrected chi connectivity index (χ3v) is 5.18. The smallest absolute Gasteiger partial charge is 0.257 e. The Morgan fingerprint density at radius 1 is 1.19 bits per heavy atom. The van der Waals surface area contributed by atoms with Crippen LogP contribution in [0.15, 0.2) is 30.5 Å². The lowest BCUT2D eigenvalue weighted by atomic mass is 10.1. The van der Waals surface area contributed by atoms with E-state index in [1.807, 2.05) is 12.1 Å². The second kappa shape index (κ2) is 6.89. The largest absolute Gasteiger partial charge is 0.322 e. The molecule has 0 radical (unpaired) electrons. The Morgan fingerprint density at radius 3 is 2.69 bits per heavy atom. The molecule has 134 valence electrons. The molecule has 0 unspecified atom stereocenters. The second-order valence-corrected chi connectivity index (χ2v) is 7.52. The maximum Gasteiger partial charge on any atom is 0.257 e. The molecule has 2 aromatic rings. The molecule has 2 heterocycles. The molecule has 0 atom stereocenters. The number of carbonyl (C=O) groups excluding carboxylic acids is 2. The lowest BCUT2D eigenvalue weighted by Gasteiger charge is -2.16. The minimum absolute atomic E-state index is 0.00935. The topological polar surface area (TPSA) is 62.3 Å². The SMILES string of the molecule is O=C(Nc1cc(Cl)cc(C2CC2)c1)c1cc(N2CCCC2=O)ncc1Cl. The Kier molecular flexibility index (Phi) is 4.59. The van der Waals surface area contributed by atoms with Gasteiger partial charge in [0, 0.05) is 29.9 Å². The van der Waals surface area contributed by atoms with Gasteiger partial charge in [-0.3, -0.25) is 14.5 Å². The molecule has 1 aromatic carbocycles. The number of anilines is 2. The van der Waals surface area contributed by atoms with Crippen molar-refractivity contribution in [3.8, 4) is 0 Å². The maximum atomic E-state index is 12.7. The van der Waals surface area contributed by atoms with Crippen LogP contribution >= 0.6 is 23.2 Å². The first kappa shape index (κ1) is 17.3. The van der Waals surface area contributed by atoms with Crippen molar-refractivity contribution in [2.45, 2.75) is 31.6 Å². The zero-order chi connectivity index (χ0) is 18.3. The predicted molar refractivity (Wildman–Crippen MR) is 102 cm³/mol. The molecular formula is C19H17Cl2N3O2. The van der Waals surface area contributed by atoms with Gasteiger partial charge in [-0.25, -0.2) is 4.98 Å². The molecule has 26 heavy (non-hydrogen) atoms. The van der Waals surface area contributed by atoms with Crippen molar-refractivity contribution in [2.24, 2.45) is 0 Å². The van der Waals surface area contributed by atoms with E-state index in [0.29, 0.717) is 35.4 Å². The van der Waals surface area contributed by atoms with Gasteiger partial charge in [-0.1, -0.05) is 23.2 Å². The molecular weight excluding hydrogens is 373 g/mol. The summed E-state index contributed by atoms with van der Waals surface area (Å²) < 4.78 is 0. The summed E-state index contributed by atoms with van der Waals surface area (Å²) in [5.74, 6) is 0.637. The van der Waals surface area contributed by atoms with E-state index >= 15 is 0 Å². The summed E-state index contributed by atoms with van der Waals surface area (Å²) in [7, 11) is 0. The van der Waals surface area contributed by atoms with Crippen LogP contribution in [0.25, 0.3) is 0 Å². The standard InChI is InChI=1S/C19H17Cl2N3O2/c20-13-6-12(11-3-4-11)7-14(8-13)23-19(26)15-9-17(22-10-16(15)21)24-5-1-2-18(24)25/h6-11H,1-5H2,(H,23,26). The Morgan fingerprint density at radius 2 is 2.00 bits per heavy atom. The highest BCUT2D eigenvalue weighted by Gasteiger charge is 2.26. The van der Waals surface area contributed by atoms with Crippen LogP contribution in [0.5, 0.6) is 0 Å². The summed E-state index contributed by atoms with van der Waals surface area (Å²) in [4.78, 5) is 30.4. The third kappa shape index (κ3) is 3.55. The molecule has 5 nitrogen and oxygen atoms in total. The summed E-state index contributed by atoms with van der Waals surface area (Å²) in [6, 6.07) is 7.16. The number of amides is 2. The van der Waals surface area contributed by atoms with Crippen LogP contribution in [-0.4, -0.2) is 23.3 Å². The first-order valence-corrected chi connectivity index (χ1v) is 9.34. The molecule has 2 aliphatic rings. The van der Waals surface area contributed by atoms with E-state index < -0.39 is 0 Å². The number of hydrogen-bond acceptors (Lipinski definition) is 3. The van der Waals surface area contributed by atoms with E-state index in [-0.39, 0.29) is 22.4 Å². The first-order chi connectivity index (χ1) is 12.5. The van der Waals surface area contributed by atoms with Gasteiger partial charge in [0.05, 0.1) is 10.6 Å². The van der Waals surface area contributed by atoms with Crippen LogP contribution in [-0.2, 0) is 4.79 Å². The number of benzene rings is 1. The second-order valence-electron chi connectivity index (χ2n) is 6.67. The van der Waals surface area contributed by atoms with Crippen LogP contribution in [0.4, 0.5) is 11.5 Å². The van der Waals surface area contributed by atoms with E-state index in [1.165, 1.54) is 6.20 Å². The van der Waals surface area contributed by atoms with Crippen LogP contribution in [0.1, 0.15) is 47.5 Å². The zero-order valence-corrected chi connectivity index (χ0v) is 15.5. The van der Waals surface area contributed by atoms with Gasteiger partial charge in [-0.05, 0) is 55.0 Å². The predicted octanol–water partition coefficient (Wildman–Crippen LogP) is 4.64. The molecule has 0 bridgehead atoms. The summed E-state index contributed by atoms with van der Waals surface area (Å²) in [6.45, 7) is 0.605. The molecule has 1 N–H and O–H groups in total. The van der Waals surface area contributed by atoms with Gasteiger partial charge in [0.1, 0.15) is 5.82 Å². The number of aromatic nitrogens is 1. The summed E-state index contributed by atoms with van der Waals surface area (Å²) >= 11 is 12.3. The van der Waals surface area contributed by atoms with Crippen molar-refractivity contribution in [1.29, 1.82) is 0 Å². The number of hydrogen-bond donors (Lipinski definition) is 1. The number of pyridine rings is 1. The molecule has 1 aliphatic heterocycles. The lowest BCUT2D eigenvalue weighted by molar-refractivity contribution is -0.117. The number of rotatable bonds is 4. The van der Waals surface area contributed by atoms with Gasteiger partial charge in [-0.2, -0.15) is 0 Å². The van der Waals surface area contributed by atoms with Crippen molar-refractivity contribution >= 4 is 46.5 Å². The van der Waals surface area contributed by atoms with E-state index in [9.17, 15) is 9.59 Å². The number of halogens is 2. The summed E-state index contributed by atoms with van der Waals surface area (Å²) in [5, 5.41) is 3.68.